The van der Waals surface area contributed by atoms with E-state index in [9.17, 15) is 8.42 Å². The fourth-order valence-electron chi connectivity index (χ4n) is 2.30. The minimum absolute atomic E-state index is 0.0790. The molecule has 0 amide bonds. The van der Waals surface area contributed by atoms with E-state index >= 15 is 0 Å². The van der Waals surface area contributed by atoms with Gasteiger partial charge in [0.1, 0.15) is 0 Å². The molecule has 0 spiro atoms. The quantitative estimate of drug-likeness (QED) is 0.871. The van der Waals surface area contributed by atoms with Gasteiger partial charge >= 0.3 is 0 Å². The first-order valence-electron chi connectivity index (χ1n) is 6.87. The molecule has 6 heteroatoms. The van der Waals surface area contributed by atoms with Crippen LogP contribution in [0, 0.1) is 6.92 Å². The summed E-state index contributed by atoms with van der Waals surface area (Å²) in [6.45, 7) is 2.67. The second kappa shape index (κ2) is 6.93. The first kappa shape index (κ1) is 15.8. The maximum absolute atomic E-state index is 12.4. The standard InChI is InChI=1S/C14H22N2O2S2/c1-11-3-4-14(9-12(11)10-15-2)20(17,18)16-13-5-7-19-8-6-13/h3-4,9,13,15-16H,5-8,10H2,1-2H3. The van der Waals surface area contributed by atoms with Gasteiger partial charge in [0.05, 0.1) is 4.90 Å². The van der Waals surface area contributed by atoms with Crippen LogP contribution in [0.3, 0.4) is 0 Å². The molecule has 0 saturated carbocycles. The van der Waals surface area contributed by atoms with E-state index in [0.29, 0.717) is 11.4 Å². The smallest absolute Gasteiger partial charge is 0.240 e. The van der Waals surface area contributed by atoms with Gasteiger partial charge in [0.2, 0.25) is 10.0 Å². The number of thioether (sulfide) groups is 1. The molecule has 20 heavy (non-hydrogen) atoms. The van der Waals surface area contributed by atoms with E-state index in [0.717, 1.165) is 35.5 Å². The minimum atomic E-state index is -3.40. The highest BCUT2D eigenvalue weighted by atomic mass is 32.2. The number of hydrogen-bond acceptors (Lipinski definition) is 4. The number of nitrogens with one attached hydrogen (secondary N) is 2. The molecule has 0 bridgehead atoms. The maximum atomic E-state index is 12.4. The van der Waals surface area contributed by atoms with Crippen LogP contribution in [0.5, 0.6) is 0 Å². The summed E-state index contributed by atoms with van der Waals surface area (Å²) in [6, 6.07) is 5.41. The third-order valence-corrected chi connectivity index (χ3v) is 6.11. The van der Waals surface area contributed by atoms with Gasteiger partial charge in [0.15, 0.2) is 0 Å². The van der Waals surface area contributed by atoms with Gasteiger partial charge < -0.3 is 5.32 Å². The third kappa shape index (κ3) is 3.97. The number of sulfonamides is 1. The van der Waals surface area contributed by atoms with Gasteiger partial charge in [0.25, 0.3) is 0 Å². The zero-order valence-electron chi connectivity index (χ0n) is 12.0. The van der Waals surface area contributed by atoms with Crippen LogP contribution in [-0.4, -0.2) is 33.0 Å². The van der Waals surface area contributed by atoms with Crippen molar-refractivity contribution >= 4 is 21.8 Å². The molecule has 1 aliphatic heterocycles. The van der Waals surface area contributed by atoms with Gasteiger partial charge in [0, 0.05) is 12.6 Å². The molecular weight excluding hydrogens is 292 g/mol. The van der Waals surface area contributed by atoms with Crippen molar-refractivity contribution in [1.29, 1.82) is 0 Å². The van der Waals surface area contributed by atoms with Crippen molar-refractivity contribution in [3.05, 3.63) is 29.3 Å². The summed E-state index contributed by atoms with van der Waals surface area (Å²) >= 11 is 1.89. The first-order valence-corrected chi connectivity index (χ1v) is 9.51. The van der Waals surface area contributed by atoms with Crippen molar-refractivity contribution in [2.24, 2.45) is 0 Å². The van der Waals surface area contributed by atoms with Crippen molar-refractivity contribution < 1.29 is 8.42 Å². The largest absolute Gasteiger partial charge is 0.316 e. The fourth-order valence-corrected chi connectivity index (χ4v) is 4.76. The van der Waals surface area contributed by atoms with Crippen molar-refractivity contribution in [1.82, 2.24) is 10.0 Å². The maximum Gasteiger partial charge on any atom is 0.240 e. The lowest BCUT2D eigenvalue weighted by Gasteiger charge is -2.22. The molecule has 0 unspecified atom stereocenters. The number of hydrogen-bond donors (Lipinski definition) is 2. The van der Waals surface area contributed by atoms with E-state index in [2.05, 4.69) is 10.0 Å². The van der Waals surface area contributed by atoms with E-state index in [-0.39, 0.29) is 6.04 Å². The Morgan fingerprint density at radius 3 is 2.65 bits per heavy atom. The molecule has 1 saturated heterocycles. The summed E-state index contributed by atoms with van der Waals surface area (Å²) in [7, 11) is -1.54. The molecule has 1 aromatic carbocycles. The summed E-state index contributed by atoms with van der Waals surface area (Å²) in [5, 5.41) is 3.07. The van der Waals surface area contributed by atoms with Gasteiger partial charge in [-0.05, 0) is 61.6 Å². The van der Waals surface area contributed by atoms with Crippen LogP contribution < -0.4 is 10.0 Å². The van der Waals surface area contributed by atoms with Crippen LogP contribution in [0.25, 0.3) is 0 Å². The van der Waals surface area contributed by atoms with Crippen LogP contribution in [0.15, 0.2) is 23.1 Å². The van der Waals surface area contributed by atoms with Crippen LogP contribution in [0.2, 0.25) is 0 Å². The first-order chi connectivity index (χ1) is 9.53. The predicted octanol–water partition coefficient (Wildman–Crippen LogP) is 1.89. The summed E-state index contributed by atoms with van der Waals surface area (Å²) in [5.41, 5.74) is 2.13. The highest BCUT2D eigenvalue weighted by Gasteiger charge is 2.22. The molecule has 1 aromatic rings. The summed E-state index contributed by atoms with van der Waals surface area (Å²) in [4.78, 5) is 0.367. The number of rotatable bonds is 5. The molecule has 112 valence electrons. The molecule has 1 heterocycles. The zero-order valence-corrected chi connectivity index (χ0v) is 13.6. The molecule has 2 N–H and O–H groups in total. The third-order valence-electron chi connectivity index (χ3n) is 3.54. The zero-order chi connectivity index (χ0) is 14.6. The van der Waals surface area contributed by atoms with Crippen molar-refractivity contribution in [2.45, 2.75) is 37.2 Å². The lowest BCUT2D eigenvalue weighted by Crippen LogP contribution is -2.37. The topological polar surface area (TPSA) is 58.2 Å². The molecule has 0 radical (unpaired) electrons. The van der Waals surface area contributed by atoms with Gasteiger partial charge in [-0.3, -0.25) is 0 Å². The molecule has 0 aliphatic carbocycles. The Bertz CT molecular complexity index is 552. The normalized spacial score (nSPS) is 17.3. The average molecular weight is 314 g/mol. The van der Waals surface area contributed by atoms with E-state index in [1.165, 1.54) is 0 Å². The minimum Gasteiger partial charge on any atom is -0.316 e. The Balaban J connectivity index is 2.17. The summed E-state index contributed by atoms with van der Waals surface area (Å²) in [5.74, 6) is 2.07. The van der Waals surface area contributed by atoms with Crippen LogP contribution in [0.1, 0.15) is 24.0 Å². The van der Waals surface area contributed by atoms with E-state index < -0.39 is 10.0 Å². The Labute approximate surface area is 125 Å². The Morgan fingerprint density at radius 1 is 1.30 bits per heavy atom. The molecule has 0 aromatic heterocycles. The molecule has 1 fully saturated rings. The Morgan fingerprint density at radius 2 is 2.00 bits per heavy atom. The van der Waals surface area contributed by atoms with Gasteiger partial charge in [-0.1, -0.05) is 6.07 Å². The molecular formula is C14H22N2O2S2. The van der Waals surface area contributed by atoms with E-state index in [1.807, 2.05) is 31.8 Å². The molecule has 2 rings (SSSR count). The second-order valence-electron chi connectivity index (χ2n) is 5.13. The molecule has 0 atom stereocenters. The second-order valence-corrected chi connectivity index (χ2v) is 8.07. The van der Waals surface area contributed by atoms with Crippen molar-refractivity contribution in [3.63, 3.8) is 0 Å². The van der Waals surface area contributed by atoms with Gasteiger partial charge in [-0.15, -0.1) is 0 Å². The lowest BCUT2D eigenvalue weighted by atomic mass is 10.1. The SMILES string of the molecule is CNCc1cc(S(=O)(=O)NC2CCSCC2)ccc1C. The van der Waals surface area contributed by atoms with Gasteiger partial charge in [-0.25, -0.2) is 13.1 Å². The van der Waals surface area contributed by atoms with Gasteiger partial charge in [-0.2, -0.15) is 11.8 Å². The van der Waals surface area contributed by atoms with Crippen LogP contribution in [-0.2, 0) is 16.6 Å². The predicted molar refractivity (Wildman–Crippen MR) is 84.6 cm³/mol. The number of aryl methyl sites for hydroxylation is 1. The summed E-state index contributed by atoms with van der Waals surface area (Å²) < 4.78 is 27.7. The van der Waals surface area contributed by atoms with Crippen molar-refractivity contribution in [3.8, 4) is 0 Å². The molecule has 4 nitrogen and oxygen atoms in total. The Hall–Kier alpha value is -0.560. The highest BCUT2D eigenvalue weighted by Crippen LogP contribution is 2.20. The average Bonchev–Trinajstić information content (AvgIpc) is 2.42. The van der Waals surface area contributed by atoms with E-state index in [1.54, 1.807) is 12.1 Å². The molecule has 1 aliphatic rings. The number of benzene rings is 1. The van der Waals surface area contributed by atoms with Crippen molar-refractivity contribution in [2.75, 3.05) is 18.6 Å². The highest BCUT2D eigenvalue weighted by molar-refractivity contribution is 7.99. The monoisotopic (exact) mass is 314 g/mol. The van der Waals surface area contributed by atoms with E-state index in [4.69, 9.17) is 0 Å². The summed E-state index contributed by atoms with van der Waals surface area (Å²) in [6.07, 6.45) is 1.83. The van der Waals surface area contributed by atoms with Crippen LogP contribution >= 0.6 is 11.8 Å². The Kier molecular flexibility index (Phi) is 5.49. The lowest BCUT2D eigenvalue weighted by molar-refractivity contribution is 0.528. The van der Waals surface area contributed by atoms with Crippen LogP contribution in [0.4, 0.5) is 0 Å². The fraction of sp³-hybridized carbons (Fsp3) is 0.571.